The van der Waals surface area contributed by atoms with E-state index in [0.717, 1.165) is 39.0 Å². The van der Waals surface area contributed by atoms with Crippen LogP contribution in [-0.4, -0.2) is 67.4 Å². The lowest BCUT2D eigenvalue weighted by Gasteiger charge is -2.31. The van der Waals surface area contributed by atoms with E-state index in [9.17, 15) is 9.59 Å². The van der Waals surface area contributed by atoms with Gasteiger partial charge in [0.1, 0.15) is 0 Å². The van der Waals surface area contributed by atoms with E-state index in [1.165, 1.54) is 0 Å². The molecule has 0 unspecified atom stereocenters. The first-order valence-corrected chi connectivity index (χ1v) is 8.22. The Balaban J connectivity index is 1.52. The number of piperazine rings is 1. The Hall–Kier alpha value is -1.92. The van der Waals surface area contributed by atoms with Gasteiger partial charge < -0.3 is 15.5 Å². The van der Waals surface area contributed by atoms with E-state index >= 15 is 0 Å². The predicted octanol–water partition coefficient (Wildman–Crippen LogP) is 0.765. The Morgan fingerprint density at radius 3 is 2.61 bits per heavy atom. The lowest BCUT2D eigenvalue weighted by Crippen LogP contribution is -2.47. The summed E-state index contributed by atoms with van der Waals surface area (Å²) in [4.78, 5) is 28.6. The zero-order valence-corrected chi connectivity index (χ0v) is 13.5. The normalized spacial score (nSPS) is 19.3. The van der Waals surface area contributed by atoms with Gasteiger partial charge in [-0.1, -0.05) is 6.07 Å². The number of nitrogens with zero attached hydrogens (tertiary/aromatic N) is 2. The van der Waals surface area contributed by atoms with Gasteiger partial charge >= 0.3 is 0 Å². The molecular weight excluding hydrogens is 292 g/mol. The van der Waals surface area contributed by atoms with Gasteiger partial charge in [0.15, 0.2) is 0 Å². The molecule has 2 N–H and O–H groups in total. The van der Waals surface area contributed by atoms with Crippen molar-refractivity contribution in [2.24, 2.45) is 0 Å². The molecule has 3 rings (SSSR count). The van der Waals surface area contributed by atoms with Gasteiger partial charge in [-0.25, -0.2) is 0 Å². The van der Waals surface area contributed by atoms with Crippen molar-refractivity contribution >= 4 is 17.5 Å². The maximum absolute atomic E-state index is 12.2. The Bertz CT molecular complexity index is 578. The number of rotatable bonds is 5. The fourth-order valence-electron chi connectivity index (χ4n) is 2.64. The highest BCUT2D eigenvalue weighted by Crippen LogP contribution is 2.20. The van der Waals surface area contributed by atoms with Crippen molar-refractivity contribution in [3.63, 3.8) is 0 Å². The van der Waals surface area contributed by atoms with Gasteiger partial charge in [0.05, 0.1) is 6.54 Å². The quantitative estimate of drug-likeness (QED) is 0.842. The number of likely N-dealkylation sites (N-methyl/N-ethyl adjacent to an activating group) is 1. The second kappa shape index (κ2) is 7.10. The summed E-state index contributed by atoms with van der Waals surface area (Å²) in [6, 6.07) is 7.45. The fraction of sp³-hybridized carbons (Fsp3) is 0.529. The lowest BCUT2D eigenvalue weighted by atomic mass is 10.2. The Kier molecular flexibility index (Phi) is 4.93. The first kappa shape index (κ1) is 16.0. The SMILES string of the molecule is CN1CCN(CC(=O)Nc2cccc(C(=O)NC3CC3)c2)CC1. The molecule has 0 bridgehead atoms. The number of hydrogen-bond acceptors (Lipinski definition) is 4. The van der Waals surface area contributed by atoms with Gasteiger partial charge in [-0.2, -0.15) is 0 Å². The summed E-state index contributed by atoms with van der Waals surface area (Å²) in [5, 5.41) is 5.85. The van der Waals surface area contributed by atoms with Gasteiger partial charge in [0.25, 0.3) is 5.91 Å². The third-order valence-corrected chi connectivity index (χ3v) is 4.28. The van der Waals surface area contributed by atoms with Crippen LogP contribution in [0.25, 0.3) is 0 Å². The molecule has 0 radical (unpaired) electrons. The number of hydrogen-bond donors (Lipinski definition) is 2. The highest BCUT2D eigenvalue weighted by atomic mass is 16.2. The first-order valence-electron chi connectivity index (χ1n) is 8.22. The maximum atomic E-state index is 12.2. The van der Waals surface area contributed by atoms with Crippen molar-refractivity contribution in [3.8, 4) is 0 Å². The van der Waals surface area contributed by atoms with Gasteiger partial charge in [0.2, 0.25) is 5.91 Å². The minimum absolute atomic E-state index is 0.0331. The van der Waals surface area contributed by atoms with Crippen molar-refractivity contribution in [2.45, 2.75) is 18.9 Å². The minimum atomic E-state index is -0.0670. The van der Waals surface area contributed by atoms with E-state index in [4.69, 9.17) is 0 Å². The molecule has 1 saturated heterocycles. The first-order chi connectivity index (χ1) is 11.1. The summed E-state index contributed by atoms with van der Waals surface area (Å²) in [6.45, 7) is 4.20. The molecule has 1 aliphatic heterocycles. The van der Waals surface area contributed by atoms with Crippen molar-refractivity contribution in [2.75, 3.05) is 45.1 Å². The van der Waals surface area contributed by atoms with E-state index < -0.39 is 0 Å². The molecule has 124 valence electrons. The van der Waals surface area contributed by atoms with Crippen LogP contribution in [0.15, 0.2) is 24.3 Å². The van der Waals surface area contributed by atoms with Crippen LogP contribution in [0.1, 0.15) is 23.2 Å². The summed E-state index contributed by atoms with van der Waals surface area (Å²) in [5.74, 6) is -0.100. The molecule has 2 amide bonds. The van der Waals surface area contributed by atoms with Crippen LogP contribution in [-0.2, 0) is 4.79 Å². The molecule has 0 spiro atoms. The minimum Gasteiger partial charge on any atom is -0.349 e. The number of amides is 2. The lowest BCUT2D eigenvalue weighted by molar-refractivity contribution is -0.117. The van der Waals surface area contributed by atoms with Crippen molar-refractivity contribution in [1.29, 1.82) is 0 Å². The molecule has 2 fully saturated rings. The van der Waals surface area contributed by atoms with Crippen molar-refractivity contribution < 1.29 is 9.59 Å². The average Bonchev–Trinajstić information content (AvgIpc) is 3.34. The summed E-state index contributed by atoms with van der Waals surface area (Å²) in [7, 11) is 2.09. The Morgan fingerprint density at radius 2 is 1.91 bits per heavy atom. The number of carbonyl (C=O) groups is 2. The van der Waals surface area contributed by atoms with Crippen LogP contribution in [0.5, 0.6) is 0 Å². The summed E-state index contributed by atoms with van der Waals surface area (Å²) in [6.07, 6.45) is 2.13. The molecule has 1 aromatic carbocycles. The number of carbonyl (C=O) groups excluding carboxylic acids is 2. The molecule has 1 heterocycles. The molecule has 6 heteroatoms. The van der Waals surface area contributed by atoms with Crippen LogP contribution in [0.3, 0.4) is 0 Å². The molecule has 6 nitrogen and oxygen atoms in total. The molecule has 0 aromatic heterocycles. The molecule has 23 heavy (non-hydrogen) atoms. The largest absolute Gasteiger partial charge is 0.349 e. The molecule has 0 atom stereocenters. The molecule has 1 aromatic rings. The maximum Gasteiger partial charge on any atom is 0.251 e. The van der Waals surface area contributed by atoms with E-state index in [1.807, 2.05) is 6.07 Å². The standard InChI is InChI=1S/C17H24N4O2/c1-20-7-9-21(10-8-20)12-16(22)18-15-4-2-3-13(11-15)17(23)19-14-5-6-14/h2-4,11,14H,5-10,12H2,1H3,(H,18,22)(H,19,23). The van der Waals surface area contributed by atoms with Crippen LogP contribution < -0.4 is 10.6 Å². The van der Waals surface area contributed by atoms with E-state index in [-0.39, 0.29) is 11.8 Å². The van der Waals surface area contributed by atoms with E-state index in [0.29, 0.717) is 23.8 Å². The highest BCUT2D eigenvalue weighted by Gasteiger charge is 2.24. The summed E-state index contributed by atoms with van der Waals surface area (Å²) in [5.41, 5.74) is 1.27. The van der Waals surface area contributed by atoms with Crippen LogP contribution >= 0.6 is 0 Å². The molecule has 1 aliphatic carbocycles. The Morgan fingerprint density at radius 1 is 1.17 bits per heavy atom. The van der Waals surface area contributed by atoms with E-state index in [1.54, 1.807) is 18.2 Å². The molecular formula is C17H24N4O2. The van der Waals surface area contributed by atoms with Gasteiger partial charge in [-0.3, -0.25) is 14.5 Å². The van der Waals surface area contributed by atoms with Gasteiger partial charge in [-0.05, 0) is 38.1 Å². The zero-order chi connectivity index (χ0) is 16.2. The fourth-order valence-corrected chi connectivity index (χ4v) is 2.64. The monoisotopic (exact) mass is 316 g/mol. The third kappa shape index (κ3) is 4.77. The Labute approximate surface area is 136 Å². The van der Waals surface area contributed by atoms with Crippen molar-refractivity contribution in [3.05, 3.63) is 29.8 Å². The average molecular weight is 316 g/mol. The molecule has 2 aliphatic rings. The second-order valence-corrected chi connectivity index (χ2v) is 6.46. The zero-order valence-electron chi connectivity index (χ0n) is 13.5. The topological polar surface area (TPSA) is 64.7 Å². The smallest absolute Gasteiger partial charge is 0.251 e. The van der Waals surface area contributed by atoms with Crippen LogP contribution in [0.2, 0.25) is 0 Å². The number of anilines is 1. The third-order valence-electron chi connectivity index (χ3n) is 4.28. The van der Waals surface area contributed by atoms with Crippen molar-refractivity contribution in [1.82, 2.24) is 15.1 Å². The van der Waals surface area contributed by atoms with Gasteiger partial charge in [-0.15, -0.1) is 0 Å². The number of nitrogens with one attached hydrogen (secondary N) is 2. The predicted molar refractivity (Wildman–Crippen MR) is 89.5 cm³/mol. The number of benzene rings is 1. The summed E-state index contributed by atoms with van der Waals surface area (Å²) >= 11 is 0. The van der Waals surface area contributed by atoms with Crippen LogP contribution in [0.4, 0.5) is 5.69 Å². The molecule has 1 saturated carbocycles. The van der Waals surface area contributed by atoms with Crippen LogP contribution in [0, 0.1) is 0 Å². The van der Waals surface area contributed by atoms with E-state index in [2.05, 4.69) is 27.5 Å². The second-order valence-electron chi connectivity index (χ2n) is 6.46. The van der Waals surface area contributed by atoms with Gasteiger partial charge in [0, 0.05) is 43.5 Å². The highest BCUT2D eigenvalue weighted by molar-refractivity contribution is 5.97. The summed E-state index contributed by atoms with van der Waals surface area (Å²) < 4.78 is 0.